The van der Waals surface area contributed by atoms with Gasteiger partial charge in [-0.1, -0.05) is 0 Å². The van der Waals surface area contributed by atoms with Gasteiger partial charge in [0.15, 0.2) is 0 Å². The largest absolute Gasteiger partial charge is 0.356 e. The van der Waals surface area contributed by atoms with Gasteiger partial charge in [0.05, 0.1) is 18.0 Å². The molecule has 6 nitrogen and oxygen atoms in total. The van der Waals surface area contributed by atoms with Crippen molar-refractivity contribution in [3.63, 3.8) is 0 Å². The molecule has 0 bridgehead atoms. The smallest absolute Gasteiger partial charge is 0.312 e. The van der Waals surface area contributed by atoms with E-state index in [-0.39, 0.29) is 5.69 Å². The number of quaternary nitrogens is 1. The van der Waals surface area contributed by atoms with Crippen molar-refractivity contribution in [1.82, 2.24) is 9.78 Å². The van der Waals surface area contributed by atoms with Gasteiger partial charge in [0.1, 0.15) is 11.4 Å². The van der Waals surface area contributed by atoms with Gasteiger partial charge in [0, 0.05) is 0 Å². The first-order chi connectivity index (χ1) is 6.07. The Kier molecular flexibility index (Phi) is 2.62. The molecule has 0 aliphatic heterocycles. The predicted octanol–water partition coefficient (Wildman–Crippen LogP) is -0.350. The van der Waals surface area contributed by atoms with Gasteiger partial charge in [-0.2, -0.15) is 5.10 Å². The van der Waals surface area contributed by atoms with Gasteiger partial charge >= 0.3 is 5.69 Å². The SMILES string of the molecule is Cc1nn(CC[NH3+])c(C)c1[N+](=O)[O-]. The summed E-state index contributed by atoms with van der Waals surface area (Å²) in [5.74, 6) is 0. The summed E-state index contributed by atoms with van der Waals surface area (Å²) in [6, 6.07) is 0. The van der Waals surface area contributed by atoms with Crippen LogP contribution >= 0.6 is 0 Å². The predicted molar refractivity (Wildman–Crippen MR) is 46.1 cm³/mol. The molecule has 0 spiro atoms. The van der Waals surface area contributed by atoms with Crippen LogP contribution in [0.5, 0.6) is 0 Å². The normalized spacial score (nSPS) is 10.4. The van der Waals surface area contributed by atoms with E-state index in [4.69, 9.17) is 0 Å². The van der Waals surface area contributed by atoms with Gasteiger partial charge in [-0.05, 0) is 13.8 Å². The van der Waals surface area contributed by atoms with Crippen LogP contribution in [0.25, 0.3) is 0 Å². The monoisotopic (exact) mass is 185 g/mol. The fourth-order valence-electron chi connectivity index (χ4n) is 1.32. The summed E-state index contributed by atoms with van der Waals surface area (Å²) >= 11 is 0. The van der Waals surface area contributed by atoms with Crippen LogP contribution in [-0.4, -0.2) is 21.2 Å². The maximum atomic E-state index is 10.6. The van der Waals surface area contributed by atoms with E-state index in [0.717, 1.165) is 0 Å². The zero-order valence-electron chi connectivity index (χ0n) is 7.78. The molecular weight excluding hydrogens is 172 g/mol. The lowest BCUT2D eigenvalue weighted by atomic mass is 10.3. The molecule has 0 radical (unpaired) electrons. The number of hydrogen-bond donors (Lipinski definition) is 1. The molecule has 0 aromatic carbocycles. The molecule has 13 heavy (non-hydrogen) atoms. The van der Waals surface area contributed by atoms with Crippen LogP contribution in [0.1, 0.15) is 11.4 Å². The van der Waals surface area contributed by atoms with E-state index in [1.54, 1.807) is 18.5 Å². The molecule has 0 saturated heterocycles. The lowest BCUT2D eigenvalue weighted by Crippen LogP contribution is -2.52. The third-order valence-electron chi connectivity index (χ3n) is 1.90. The minimum atomic E-state index is -0.392. The summed E-state index contributed by atoms with van der Waals surface area (Å²) in [6.45, 7) is 4.65. The maximum Gasteiger partial charge on any atom is 0.312 e. The van der Waals surface area contributed by atoms with E-state index in [9.17, 15) is 10.1 Å². The van der Waals surface area contributed by atoms with Gasteiger partial charge < -0.3 is 5.73 Å². The van der Waals surface area contributed by atoms with Crippen molar-refractivity contribution in [2.24, 2.45) is 0 Å². The first-order valence-corrected chi connectivity index (χ1v) is 4.05. The first-order valence-electron chi connectivity index (χ1n) is 4.05. The van der Waals surface area contributed by atoms with E-state index in [1.807, 2.05) is 0 Å². The molecular formula is C7H13N4O2+. The molecule has 72 valence electrons. The second-order valence-electron chi connectivity index (χ2n) is 2.85. The fourth-order valence-corrected chi connectivity index (χ4v) is 1.32. The Bertz CT molecular complexity index is 331. The highest BCUT2D eigenvalue weighted by Crippen LogP contribution is 2.21. The molecule has 0 unspecified atom stereocenters. The van der Waals surface area contributed by atoms with E-state index in [2.05, 4.69) is 10.8 Å². The average molecular weight is 185 g/mol. The summed E-state index contributed by atoms with van der Waals surface area (Å²) < 4.78 is 1.63. The van der Waals surface area contributed by atoms with Crippen LogP contribution in [0.3, 0.4) is 0 Å². The lowest BCUT2D eigenvalue weighted by Gasteiger charge is -1.97. The Morgan fingerprint density at radius 2 is 2.23 bits per heavy atom. The van der Waals surface area contributed by atoms with Crippen LogP contribution in [0.4, 0.5) is 5.69 Å². The van der Waals surface area contributed by atoms with Crippen LogP contribution in [-0.2, 0) is 6.54 Å². The Balaban J connectivity index is 3.14. The van der Waals surface area contributed by atoms with Crippen molar-refractivity contribution in [3.05, 3.63) is 21.5 Å². The second-order valence-corrected chi connectivity index (χ2v) is 2.85. The first kappa shape index (κ1) is 9.66. The molecule has 3 N–H and O–H groups in total. The van der Waals surface area contributed by atoms with Crippen molar-refractivity contribution in [3.8, 4) is 0 Å². The number of rotatable bonds is 3. The van der Waals surface area contributed by atoms with Crippen molar-refractivity contribution in [1.29, 1.82) is 0 Å². The number of nitrogens with zero attached hydrogens (tertiary/aromatic N) is 3. The molecule has 0 amide bonds. The molecule has 1 aromatic rings. The fraction of sp³-hybridized carbons (Fsp3) is 0.571. The highest BCUT2D eigenvalue weighted by Gasteiger charge is 2.21. The van der Waals surface area contributed by atoms with E-state index < -0.39 is 4.92 Å². The van der Waals surface area contributed by atoms with E-state index in [0.29, 0.717) is 24.5 Å². The van der Waals surface area contributed by atoms with Crippen LogP contribution in [0.15, 0.2) is 0 Å². The number of hydrogen-bond acceptors (Lipinski definition) is 3. The van der Waals surface area contributed by atoms with Gasteiger partial charge in [0.25, 0.3) is 0 Å². The highest BCUT2D eigenvalue weighted by molar-refractivity contribution is 5.39. The third kappa shape index (κ3) is 1.67. The highest BCUT2D eigenvalue weighted by atomic mass is 16.6. The number of aromatic nitrogens is 2. The molecule has 0 saturated carbocycles. The zero-order chi connectivity index (χ0) is 10.0. The Morgan fingerprint density at radius 3 is 2.62 bits per heavy atom. The molecule has 1 heterocycles. The quantitative estimate of drug-likeness (QED) is 0.515. The van der Waals surface area contributed by atoms with Gasteiger partial charge in [-0.15, -0.1) is 0 Å². The molecule has 1 rings (SSSR count). The third-order valence-corrected chi connectivity index (χ3v) is 1.90. The molecule has 0 aliphatic rings. The van der Waals surface area contributed by atoms with Gasteiger partial charge in [0.2, 0.25) is 0 Å². The van der Waals surface area contributed by atoms with Crippen molar-refractivity contribution < 1.29 is 10.7 Å². The molecule has 0 aliphatic carbocycles. The van der Waals surface area contributed by atoms with Gasteiger partial charge in [-0.3, -0.25) is 14.8 Å². The minimum absolute atomic E-state index is 0.119. The van der Waals surface area contributed by atoms with E-state index >= 15 is 0 Å². The van der Waals surface area contributed by atoms with Crippen molar-refractivity contribution >= 4 is 5.69 Å². The topological polar surface area (TPSA) is 88.6 Å². The van der Waals surface area contributed by atoms with Crippen LogP contribution in [0, 0.1) is 24.0 Å². The van der Waals surface area contributed by atoms with Crippen molar-refractivity contribution in [2.45, 2.75) is 20.4 Å². The summed E-state index contributed by atoms with van der Waals surface area (Å²) in [7, 11) is 0. The number of nitro groups is 1. The summed E-state index contributed by atoms with van der Waals surface area (Å²) in [5, 5.41) is 14.7. The molecule has 0 fully saturated rings. The lowest BCUT2D eigenvalue weighted by molar-refractivity contribution is -0.386. The Hall–Kier alpha value is -1.43. The van der Waals surface area contributed by atoms with E-state index in [1.165, 1.54) is 0 Å². The average Bonchev–Trinajstić information content (AvgIpc) is 2.28. The molecule has 1 aromatic heterocycles. The summed E-state index contributed by atoms with van der Waals surface area (Å²) in [5.41, 5.74) is 4.87. The standard InChI is InChI=1S/C7H12N4O2/c1-5-7(11(12)13)6(2)10(9-5)4-3-8/h3-4,8H2,1-2H3/p+1. The van der Waals surface area contributed by atoms with Crippen molar-refractivity contribution in [2.75, 3.05) is 6.54 Å². The summed E-state index contributed by atoms with van der Waals surface area (Å²) in [6.07, 6.45) is 0. The zero-order valence-corrected chi connectivity index (χ0v) is 7.78. The van der Waals surface area contributed by atoms with Gasteiger partial charge in [-0.25, -0.2) is 0 Å². The Morgan fingerprint density at radius 1 is 1.62 bits per heavy atom. The minimum Gasteiger partial charge on any atom is -0.356 e. The molecule has 6 heteroatoms. The number of aryl methyl sites for hydroxylation is 1. The Labute approximate surface area is 75.5 Å². The van der Waals surface area contributed by atoms with Crippen LogP contribution < -0.4 is 5.73 Å². The second kappa shape index (κ2) is 3.53. The van der Waals surface area contributed by atoms with Crippen LogP contribution in [0.2, 0.25) is 0 Å². The summed E-state index contributed by atoms with van der Waals surface area (Å²) in [4.78, 5) is 10.2. The maximum absolute atomic E-state index is 10.6. The molecule has 0 atom stereocenters.